The number of hydrogen-bond donors (Lipinski definition) is 0. The van der Waals surface area contributed by atoms with Crippen LogP contribution in [0.15, 0.2) is 18.2 Å². The van der Waals surface area contributed by atoms with Crippen molar-refractivity contribution in [1.29, 1.82) is 0 Å². The van der Waals surface area contributed by atoms with E-state index in [1.54, 1.807) is 0 Å². The smallest absolute Gasteiger partial charge is 0.162 e. The van der Waals surface area contributed by atoms with Crippen molar-refractivity contribution in [3.05, 3.63) is 29.8 Å². The van der Waals surface area contributed by atoms with Gasteiger partial charge in [-0.25, -0.2) is 8.78 Å². The van der Waals surface area contributed by atoms with Gasteiger partial charge < -0.3 is 4.74 Å². The third-order valence-corrected chi connectivity index (χ3v) is 4.78. The average molecular weight is 291 g/mol. The zero-order valence-corrected chi connectivity index (χ0v) is 10.7. The Morgan fingerprint density at radius 2 is 2.00 bits per heavy atom. The largest absolute Gasteiger partial charge is 0.490 e. The fraction of sp³-hybridized carbons (Fsp3) is 0.500. The summed E-state index contributed by atoms with van der Waals surface area (Å²) in [5.74, 6) is -1.33. The van der Waals surface area contributed by atoms with E-state index >= 15 is 0 Å². The zero-order valence-electron chi connectivity index (χ0n) is 9.14. The minimum absolute atomic E-state index is 0.0187. The van der Waals surface area contributed by atoms with Gasteiger partial charge in [-0.3, -0.25) is 0 Å². The second kappa shape index (κ2) is 3.99. The van der Waals surface area contributed by atoms with Gasteiger partial charge in [0.05, 0.1) is 0 Å². The lowest BCUT2D eigenvalue weighted by Crippen LogP contribution is -2.53. The SMILES string of the molecule is CC1(C)C(Br)CC1Oc1ccc(F)c(F)c1. The van der Waals surface area contributed by atoms with Crippen molar-refractivity contribution in [3.8, 4) is 5.75 Å². The highest BCUT2D eigenvalue weighted by Crippen LogP contribution is 2.47. The predicted molar refractivity (Wildman–Crippen MR) is 61.9 cm³/mol. The van der Waals surface area contributed by atoms with Crippen molar-refractivity contribution in [2.75, 3.05) is 0 Å². The molecule has 16 heavy (non-hydrogen) atoms. The lowest BCUT2D eigenvalue weighted by molar-refractivity contribution is -0.00804. The maximum Gasteiger partial charge on any atom is 0.162 e. The molecule has 1 aromatic rings. The van der Waals surface area contributed by atoms with E-state index in [1.165, 1.54) is 6.07 Å². The van der Waals surface area contributed by atoms with Crippen LogP contribution >= 0.6 is 15.9 Å². The van der Waals surface area contributed by atoms with Gasteiger partial charge in [0.25, 0.3) is 0 Å². The van der Waals surface area contributed by atoms with Crippen LogP contribution in [0.4, 0.5) is 8.78 Å². The summed E-state index contributed by atoms with van der Waals surface area (Å²) in [7, 11) is 0. The first kappa shape index (κ1) is 11.8. The lowest BCUT2D eigenvalue weighted by atomic mass is 9.69. The fourth-order valence-electron chi connectivity index (χ4n) is 1.75. The average Bonchev–Trinajstić information content (AvgIpc) is 2.23. The number of benzene rings is 1. The summed E-state index contributed by atoms with van der Waals surface area (Å²) in [4.78, 5) is 0.412. The number of alkyl halides is 1. The number of halogens is 3. The molecule has 0 aromatic heterocycles. The Balaban J connectivity index is 2.08. The molecular formula is C12H13BrF2O. The molecule has 2 rings (SSSR count). The second-order valence-corrected chi connectivity index (χ2v) is 5.81. The van der Waals surface area contributed by atoms with Crippen molar-refractivity contribution in [3.63, 3.8) is 0 Å². The molecule has 0 heterocycles. The van der Waals surface area contributed by atoms with E-state index in [2.05, 4.69) is 29.8 Å². The van der Waals surface area contributed by atoms with Crippen LogP contribution in [0.5, 0.6) is 5.75 Å². The van der Waals surface area contributed by atoms with Crippen LogP contribution in [0.1, 0.15) is 20.3 Å². The van der Waals surface area contributed by atoms with Crippen LogP contribution in [-0.2, 0) is 0 Å². The number of rotatable bonds is 2. The summed E-state index contributed by atoms with van der Waals surface area (Å²) >= 11 is 3.55. The molecule has 1 nitrogen and oxygen atoms in total. The first-order chi connectivity index (χ1) is 7.41. The molecule has 88 valence electrons. The summed E-state index contributed by atoms with van der Waals surface area (Å²) in [6.07, 6.45) is 0.924. The molecule has 1 fully saturated rings. The molecule has 1 aliphatic rings. The Bertz CT molecular complexity index is 406. The van der Waals surface area contributed by atoms with Crippen LogP contribution < -0.4 is 4.74 Å². The monoisotopic (exact) mass is 290 g/mol. The van der Waals surface area contributed by atoms with Gasteiger partial charge in [-0.15, -0.1) is 0 Å². The maximum absolute atomic E-state index is 13.0. The summed E-state index contributed by atoms with van der Waals surface area (Å²) in [6, 6.07) is 3.63. The molecule has 1 aliphatic carbocycles. The van der Waals surface area contributed by atoms with Crippen molar-refractivity contribution in [1.82, 2.24) is 0 Å². The normalized spacial score (nSPS) is 27.3. The highest BCUT2D eigenvalue weighted by Gasteiger charge is 2.48. The van der Waals surface area contributed by atoms with Gasteiger partial charge >= 0.3 is 0 Å². The zero-order chi connectivity index (χ0) is 11.9. The van der Waals surface area contributed by atoms with Gasteiger partial charge in [0.15, 0.2) is 11.6 Å². The van der Waals surface area contributed by atoms with Crippen LogP contribution in [0.25, 0.3) is 0 Å². The van der Waals surface area contributed by atoms with E-state index in [9.17, 15) is 8.78 Å². The quantitative estimate of drug-likeness (QED) is 0.751. The minimum Gasteiger partial charge on any atom is -0.490 e. The van der Waals surface area contributed by atoms with Gasteiger partial charge in [-0.05, 0) is 18.6 Å². The maximum atomic E-state index is 13.0. The van der Waals surface area contributed by atoms with Crippen molar-refractivity contribution < 1.29 is 13.5 Å². The standard InChI is InChI=1S/C12H13BrF2O/c1-12(2)10(13)6-11(12)16-7-3-4-8(14)9(15)5-7/h3-5,10-11H,6H2,1-2H3. The molecule has 0 saturated heterocycles. The molecular weight excluding hydrogens is 278 g/mol. The Morgan fingerprint density at radius 1 is 1.31 bits per heavy atom. The van der Waals surface area contributed by atoms with Gasteiger partial charge in [-0.2, -0.15) is 0 Å². The minimum atomic E-state index is -0.870. The molecule has 1 aromatic carbocycles. The van der Waals surface area contributed by atoms with E-state index in [-0.39, 0.29) is 11.5 Å². The molecule has 0 amide bonds. The summed E-state index contributed by atoms with van der Waals surface area (Å²) in [5, 5.41) is 0. The molecule has 0 spiro atoms. The summed E-state index contributed by atoms with van der Waals surface area (Å²) in [6.45, 7) is 4.17. The summed E-state index contributed by atoms with van der Waals surface area (Å²) < 4.78 is 31.3. The van der Waals surface area contributed by atoms with Crippen molar-refractivity contribution in [2.45, 2.75) is 31.2 Å². The van der Waals surface area contributed by atoms with Crippen molar-refractivity contribution in [2.24, 2.45) is 5.41 Å². The van der Waals surface area contributed by atoms with E-state index in [4.69, 9.17) is 4.74 Å². The molecule has 0 radical (unpaired) electrons. The van der Waals surface area contributed by atoms with Crippen LogP contribution in [0, 0.1) is 17.0 Å². The van der Waals surface area contributed by atoms with Crippen molar-refractivity contribution >= 4 is 15.9 Å². The second-order valence-electron chi connectivity index (χ2n) is 4.71. The van der Waals surface area contributed by atoms with E-state index in [0.29, 0.717) is 10.6 Å². The molecule has 2 unspecified atom stereocenters. The van der Waals surface area contributed by atoms with Gasteiger partial charge in [0.1, 0.15) is 11.9 Å². The van der Waals surface area contributed by atoms with E-state index in [1.807, 2.05) is 0 Å². The van der Waals surface area contributed by atoms with Gasteiger partial charge in [-0.1, -0.05) is 29.8 Å². The molecule has 0 aliphatic heterocycles. The molecule has 0 bridgehead atoms. The topological polar surface area (TPSA) is 9.23 Å². The third-order valence-electron chi connectivity index (χ3n) is 3.23. The number of hydrogen-bond acceptors (Lipinski definition) is 1. The highest BCUT2D eigenvalue weighted by atomic mass is 79.9. The van der Waals surface area contributed by atoms with Gasteiger partial charge in [0, 0.05) is 16.3 Å². The molecule has 1 saturated carbocycles. The predicted octanol–water partition coefficient (Wildman–Crippen LogP) is 3.91. The lowest BCUT2D eigenvalue weighted by Gasteiger charge is -2.48. The summed E-state index contributed by atoms with van der Waals surface area (Å²) in [5.41, 5.74) is 0.0187. The Hall–Kier alpha value is -0.640. The number of ether oxygens (including phenoxy) is 1. The Morgan fingerprint density at radius 3 is 2.50 bits per heavy atom. The fourth-order valence-corrected chi connectivity index (χ4v) is 2.39. The molecule has 0 N–H and O–H groups in total. The van der Waals surface area contributed by atoms with Crippen LogP contribution in [-0.4, -0.2) is 10.9 Å². The molecule has 4 heteroatoms. The van der Waals surface area contributed by atoms with E-state index < -0.39 is 11.6 Å². The van der Waals surface area contributed by atoms with E-state index in [0.717, 1.165) is 18.6 Å². The highest BCUT2D eigenvalue weighted by molar-refractivity contribution is 9.09. The van der Waals surface area contributed by atoms with Gasteiger partial charge in [0.2, 0.25) is 0 Å². The first-order valence-corrected chi connectivity index (χ1v) is 6.08. The third kappa shape index (κ3) is 1.95. The Labute approximate surface area is 102 Å². The first-order valence-electron chi connectivity index (χ1n) is 5.17. The Kier molecular flexibility index (Phi) is 2.95. The molecule has 2 atom stereocenters. The van der Waals surface area contributed by atoms with Crippen LogP contribution in [0.3, 0.4) is 0 Å². The van der Waals surface area contributed by atoms with Crippen LogP contribution in [0.2, 0.25) is 0 Å².